The second-order valence-electron chi connectivity index (χ2n) is 4.45. The second-order valence-corrected chi connectivity index (χ2v) is 5.20. The van der Waals surface area contributed by atoms with Crippen LogP contribution >= 0.6 is 11.5 Å². The molecule has 1 heterocycles. The number of anilines is 1. The van der Waals surface area contributed by atoms with E-state index < -0.39 is 18.5 Å². The van der Waals surface area contributed by atoms with E-state index in [2.05, 4.69) is 14.9 Å². The lowest BCUT2D eigenvalue weighted by atomic mass is 10.1. The summed E-state index contributed by atoms with van der Waals surface area (Å²) < 4.78 is 8.51. The van der Waals surface area contributed by atoms with Gasteiger partial charge in [-0.1, -0.05) is 16.6 Å². The Balaban J connectivity index is 1.91. The van der Waals surface area contributed by atoms with Gasteiger partial charge in [-0.15, -0.1) is 5.10 Å². The second kappa shape index (κ2) is 6.90. The topological polar surface area (TPSA) is 98.2 Å². The van der Waals surface area contributed by atoms with Gasteiger partial charge in [0.15, 0.2) is 17.3 Å². The first-order valence-corrected chi connectivity index (χ1v) is 7.11. The van der Waals surface area contributed by atoms with E-state index >= 15 is 0 Å². The van der Waals surface area contributed by atoms with Crippen molar-refractivity contribution >= 4 is 34.9 Å². The van der Waals surface area contributed by atoms with Gasteiger partial charge in [0, 0.05) is 11.3 Å². The Morgan fingerprint density at radius 1 is 1.32 bits per heavy atom. The zero-order valence-corrected chi connectivity index (χ0v) is 12.8. The number of carbonyl (C=O) groups is 3. The van der Waals surface area contributed by atoms with Crippen molar-refractivity contribution in [2.45, 2.75) is 13.8 Å². The molecule has 0 aliphatic rings. The molecule has 114 valence electrons. The zero-order chi connectivity index (χ0) is 16.1. The molecule has 0 aliphatic carbocycles. The summed E-state index contributed by atoms with van der Waals surface area (Å²) in [7, 11) is 0. The van der Waals surface area contributed by atoms with Gasteiger partial charge in [-0.25, -0.2) is 4.79 Å². The van der Waals surface area contributed by atoms with Crippen molar-refractivity contribution in [2.75, 3.05) is 11.9 Å². The van der Waals surface area contributed by atoms with Crippen LogP contribution in [0.2, 0.25) is 0 Å². The first-order chi connectivity index (χ1) is 10.5. The summed E-state index contributed by atoms with van der Waals surface area (Å²) in [6, 6.07) is 6.50. The molecule has 0 fully saturated rings. The van der Waals surface area contributed by atoms with Crippen LogP contribution in [0.15, 0.2) is 24.3 Å². The predicted molar refractivity (Wildman–Crippen MR) is 80.0 cm³/mol. The van der Waals surface area contributed by atoms with Gasteiger partial charge in [0.25, 0.3) is 5.91 Å². The van der Waals surface area contributed by atoms with Gasteiger partial charge in [0.1, 0.15) is 0 Å². The number of amides is 1. The molecule has 7 nitrogen and oxygen atoms in total. The highest BCUT2D eigenvalue weighted by Gasteiger charge is 2.16. The minimum Gasteiger partial charge on any atom is -0.451 e. The number of Topliss-reactive ketones (excluding diaryl/α,β-unsaturated/α-hetero) is 1. The number of aryl methyl sites for hydroxylation is 1. The van der Waals surface area contributed by atoms with Crippen LogP contribution in [0.25, 0.3) is 0 Å². The predicted octanol–water partition coefficient (Wildman–Crippen LogP) is 1.84. The Bertz CT molecular complexity index is 726. The van der Waals surface area contributed by atoms with Crippen LogP contribution in [0.4, 0.5) is 5.69 Å². The molecule has 0 spiro atoms. The first-order valence-electron chi connectivity index (χ1n) is 6.34. The van der Waals surface area contributed by atoms with E-state index in [-0.39, 0.29) is 10.7 Å². The van der Waals surface area contributed by atoms with Gasteiger partial charge in [0.2, 0.25) is 0 Å². The molecule has 0 saturated heterocycles. The fraction of sp³-hybridized carbons (Fsp3) is 0.214. The third-order valence-electron chi connectivity index (χ3n) is 2.72. The fourth-order valence-electron chi connectivity index (χ4n) is 1.63. The summed E-state index contributed by atoms with van der Waals surface area (Å²) in [6.07, 6.45) is 0. The molecule has 0 bridgehead atoms. The Morgan fingerprint density at radius 3 is 2.73 bits per heavy atom. The molecule has 0 radical (unpaired) electrons. The summed E-state index contributed by atoms with van der Waals surface area (Å²) in [5.41, 5.74) is 1.41. The Hall–Kier alpha value is -2.61. The van der Waals surface area contributed by atoms with Crippen LogP contribution in [0, 0.1) is 6.92 Å². The summed E-state index contributed by atoms with van der Waals surface area (Å²) >= 11 is 0.914. The Morgan fingerprint density at radius 2 is 2.09 bits per heavy atom. The van der Waals surface area contributed by atoms with Crippen LogP contribution in [0.5, 0.6) is 0 Å². The molecule has 1 aromatic heterocycles. The smallest absolute Gasteiger partial charge is 0.352 e. The SMILES string of the molecule is CC(=O)c1cccc(NC(=O)COC(=O)c2snnc2C)c1. The van der Waals surface area contributed by atoms with Crippen LogP contribution in [-0.4, -0.2) is 33.9 Å². The number of hydrogen-bond acceptors (Lipinski definition) is 7. The standard InChI is InChI=1S/C14H13N3O4S/c1-8-13(22-17-16-8)14(20)21-7-12(19)15-11-5-3-4-10(6-11)9(2)18/h3-6H,7H2,1-2H3,(H,15,19). The van der Waals surface area contributed by atoms with Crippen molar-refractivity contribution in [3.8, 4) is 0 Å². The maximum Gasteiger partial charge on any atom is 0.352 e. The molecule has 0 atom stereocenters. The van der Waals surface area contributed by atoms with E-state index in [1.54, 1.807) is 31.2 Å². The van der Waals surface area contributed by atoms with E-state index in [4.69, 9.17) is 4.74 Å². The quantitative estimate of drug-likeness (QED) is 0.667. The highest BCUT2D eigenvalue weighted by atomic mass is 32.1. The Kier molecular flexibility index (Phi) is 4.95. The molecule has 8 heteroatoms. The molecule has 1 aromatic carbocycles. The molecule has 2 rings (SSSR count). The van der Waals surface area contributed by atoms with Gasteiger partial charge in [-0.05, 0) is 37.5 Å². The molecule has 0 unspecified atom stereocenters. The third kappa shape index (κ3) is 3.95. The molecule has 1 N–H and O–H groups in total. The Labute approximate surface area is 130 Å². The number of carbonyl (C=O) groups excluding carboxylic acids is 3. The van der Waals surface area contributed by atoms with Crippen molar-refractivity contribution < 1.29 is 19.1 Å². The van der Waals surface area contributed by atoms with E-state index in [1.807, 2.05) is 0 Å². The maximum absolute atomic E-state index is 11.8. The molecule has 0 aliphatic heterocycles. The van der Waals surface area contributed by atoms with Crippen molar-refractivity contribution in [1.29, 1.82) is 0 Å². The van der Waals surface area contributed by atoms with E-state index in [0.29, 0.717) is 16.9 Å². The van der Waals surface area contributed by atoms with E-state index in [9.17, 15) is 14.4 Å². The summed E-state index contributed by atoms with van der Waals surface area (Å²) in [4.78, 5) is 35.0. The molecule has 2 aromatic rings. The molecule has 22 heavy (non-hydrogen) atoms. The highest BCUT2D eigenvalue weighted by molar-refractivity contribution is 7.07. The maximum atomic E-state index is 11.8. The number of ether oxygens (including phenoxy) is 1. The van der Waals surface area contributed by atoms with Gasteiger partial charge in [0.05, 0.1) is 5.69 Å². The number of rotatable bonds is 5. The summed E-state index contributed by atoms with van der Waals surface area (Å²) in [5.74, 6) is -1.24. The van der Waals surface area contributed by atoms with Crippen LogP contribution in [0.1, 0.15) is 32.6 Å². The van der Waals surface area contributed by atoms with Gasteiger partial charge in [-0.2, -0.15) is 0 Å². The summed E-state index contributed by atoms with van der Waals surface area (Å²) in [5, 5.41) is 6.25. The average Bonchev–Trinajstić information content (AvgIpc) is 2.91. The number of hydrogen-bond donors (Lipinski definition) is 1. The molecule has 0 saturated carbocycles. The number of nitrogens with zero attached hydrogens (tertiary/aromatic N) is 2. The number of benzene rings is 1. The number of ketones is 1. The van der Waals surface area contributed by atoms with Crippen molar-refractivity contribution in [2.24, 2.45) is 0 Å². The number of esters is 1. The lowest BCUT2D eigenvalue weighted by Gasteiger charge is -2.07. The average molecular weight is 319 g/mol. The lowest BCUT2D eigenvalue weighted by molar-refractivity contribution is -0.119. The van der Waals surface area contributed by atoms with Gasteiger partial charge in [-0.3, -0.25) is 9.59 Å². The minimum absolute atomic E-state index is 0.101. The first kappa shape index (κ1) is 15.8. The molecular weight excluding hydrogens is 306 g/mol. The molecule has 1 amide bonds. The van der Waals surface area contributed by atoms with Gasteiger partial charge < -0.3 is 10.1 Å². The van der Waals surface area contributed by atoms with E-state index in [1.165, 1.54) is 6.92 Å². The van der Waals surface area contributed by atoms with Crippen LogP contribution in [-0.2, 0) is 9.53 Å². The van der Waals surface area contributed by atoms with Crippen LogP contribution in [0.3, 0.4) is 0 Å². The normalized spacial score (nSPS) is 10.1. The van der Waals surface area contributed by atoms with E-state index in [0.717, 1.165) is 11.5 Å². The van der Waals surface area contributed by atoms with Crippen molar-refractivity contribution in [3.05, 3.63) is 40.4 Å². The zero-order valence-electron chi connectivity index (χ0n) is 12.0. The lowest BCUT2D eigenvalue weighted by Crippen LogP contribution is -2.21. The third-order valence-corrected chi connectivity index (χ3v) is 3.53. The highest BCUT2D eigenvalue weighted by Crippen LogP contribution is 2.12. The number of aromatic nitrogens is 2. The van der Waals surface area contributed by atoms with Crippen molar-refractivity contribution in [1.82, 2.24) is 9.59 Å². The summed E-state index contributed by atoms with van der Waals surface area (Å²) in [6.45, 7) is 2.64. The number of nitrogens with one attached hydrogen (secondary N) is 1. The largest absolute Gasteiger partial charge is 0.451 e. The van der Waals surface area contributed by atoms with Gasteiger partial charge >= 0.3 is 5.97 Å². The van der Waals surface area contributed by atoms with Crippen LogP contribution < -0.4 is 5.32 Å². The van der Waals surface area contributed by atoms with Crippen molar-refractivity contribution in [3.63, 3.8) is 0 Å². The minimum atomic E-state index is -0.639. The monoisotopic (exact) mass is 319 g/mol. The fourth-order valence-corrected chi connectivity index (χ4v) is 2.18. The molecular formula is C14H13N3O4S.